The maximum atomic E-state index is 13.1. The number of hydrogen-bond donors (Lipinski definition) is 0. The average Bonchev–Trinajstić information content (AvgIpc) is 2.60. The van der Waals surface area contributed by atoms with E-state index in [0.717, 1.165) is 56.0 Å². The maximum Gasteiger partial charge on any atom is 0.225 e. The second kappa shape index (κ2) is 6.92. The van der Waals surface area contributed by atoms with Gasteiger partial charge in [0.15, 0.2) is 0 Å². The summed E-state index contributed by atoms with van der Waals surface area (Å²) in [4.78, 5) is 29.3. The molecule has 1 aliphatic heterocycles. The highest BCUT2D eigenvalue weighted by Gasteiger charge is 2.50. The van der Waals surface area contributed by atoms with Gasteiger partial charge in [0.2, 0.25) is 11.8 Å². The molecule has 4 nitrogen and oxygen atoms in total. The Bertz CT molecular complexity index is 496. The third kappa shape index (κ3) is 3.21. The first-order valence-electron chi connectivity index (χ1n) is 10.6. The molecule has 4 saturated carbocycles. The van der Waals surface area contributed by atoms with E-state index in [1.165, 1.54) is 32.1 Å². The fourth-order valence-corrected chi connectivity index (χ4v) is 6.71. The monoisotopic (exact) mass is 346 g/mol. The van der Waals surface area contributed by atoms with E-state index in [1.807, 2.05) is 11.8 Å². The van der Waals surface area contributed by atoms with Crippen LogP contribution in [0.25, 0.3) is 0 Å². The van der Waals surface area contributed by atoms with Crippen molar-refractivity contribution in [2.75, 3.05) is 20.1 Å². The van der Waals surface area contributed by atoms with Crippen molar-refractivity contribution in [2.24, 2.45) is 29.6 Å². The quantitative estimate of drug-likeness (QED) is 0.783. The zero-order valence-corrected chi connectivity index (χ0v) is 16.0. The number of nitrogens with zero attached hydrogens (tertiary/aromatic N) is 2. The van der Waals surface area contributed by atoms with Crippen LogP contribution in [0.1, 0.15) is 64.7 Å². The molecule has 1 heterocycles. The SMILES string of the molecule is CCCC(=O)N1CCC(C(=O)N(C)C2C3CC4CC(C3)CC2C4)CC1. The minimum Gasteiger partial charge on any atom is -0.343 e. The molecule has 0 radical (unpaired) electrons. The largest absolute Gasteiger partial charge is 0.343 e. The van der Waals surface area contributed by atoms with E-state index < -0.39 is 0 Å². The van der Waals surface area contributed by atoms with Crippen LogP contribution in [0.4, 0.5) is 0 Å². The fraction of sp³-hybridized carbons (Fsp3) is 0.905. The molecule has 4 heteroatoms. The standard InChI is InChI=1S/C21H34N2O2/c1-3-4-19(24)23-7-5-16(6-8-23)21(25)22(2)20-17-10-14-9-15(12-17)13-18(20)11-14/h14-18,20H,3-13H2,1-2H3. The molecular weight excluding hydrogens is 312 g/mol. The maximum absolute atomic E-state index is 13.1. The Hall–Kier alpha value is -1.06. The van der Waals surface area contributed by atoms with E-state index in [0.29, 0.717) is 18.4 Å². The van der Waals surface area contributed by atoms with Gasteiger partial charge in [0.25, 0.3) is 0 Å². The second-order valence-electron chi connectivity index (χ2n) is 9.28. The van der Waals surface area contributed by atoms with Crippen molar-refractivity contribution in [3.8, 4) is 0 Å². The van der Waals surface area contributed by atoms with Crippen LogP contribution in [0.3, 0.4) is 0 Å². The lowest BCUT2D eigenvalue weighted by Gasteiger charge is -2.57. The predicted octanol–water partition coefficient (Wildman–Crippen LogP) is 3.31. The molecule has 25 heavy (non-hydrogen) atoms. The topological polar surface area (TPSA) is 40.6 Å². The average molecular weight is 347 g/mol. The van der Waals surface area contributed by atoms with Crippen LogP contribution < -0.4 is 0 Å². The lowest BCUT2D eigenvalue weighted by Crippen LogP contribution is -2.57. The lowest BCUT2D eigenvalue weighted by molar-refractivity contribution is -0.148. The third-order valence-corrected chi connectivity index (χ3v) is 7.63. The fourth-order valence-electron chi connectivity index (χ4n) is 6.71. The molecule has 4 bridgehead atoms. The van der Waals surface area contributed by atoms with Gasteiger partial charge in [-0.05, 0) is 75.0 Å². The van der Waals surface area contributed by atoms with E-state index in [1.54, 1.807) is 0 Å². The minimum absolute atomic E-state index is 0.132. The first-order valence-corrected chi connectivity index (χ1v) is 10.6. The van der Waals surface area contributed by atoms with Crippen LogP contribution in [0.5, 0.6) is 0 Å². The Morgan fingerprint density at radius 3 is 2.04 bits per heavy atom. The Kier molecular flexibility index (Phi) is 4.81. The van der Waals surface area contributed by atoms with Crippen molar-refractivity contribution in [1.29, 1.82) is 0 Å². The third-order valence-electron chi connectivity index (χ3n) is 7.63. The lowest BCUT2D eigenvalue weighted by atomic mass is 9.54. The molecule has 140 valence electrons. The second-order valence-corrected chi connectivity index (χ2v) is 9.28. The van der Waals surface area contributed by atoms with Crippen LogP contribution >= 0.6 is 0 Å². The van der Waals surface area contributed by atoms with Crippen LogP contribution in [-0.2, 0) is 9.59 Å². The van der Waals surface area contributed by atoms with Crippen LogP contribution in [-0.4, -0.2) is 47.8 Å². The first kappa shape index (κ1) is 17.4. The number of likely N-dealkylation sites (tertiary alicyclic amines) is 1. The number of rotatable bonds is 4. The molecular formula is C21H34N2O2. The van der Waals surface area contributed by atoms with Gasteiger partial charge in [0.05, 0.1) is 0 Å². The van der Waals surface area contributed by atoms with E-state index in [-0.39, 0.29) is 11.8 Å². The zero-order valence-electron chi connectivity index (χ0n) is 16.0. The molecule has 0 aromatic carbocycles. The number of hydrogen-bond acceptors (Lipinski definition) is 2. The smallest absolute Gasteiger partial charge is 0.225 e. The van der Waals surface area contributed by atoms with Gasteiger partial charge in [-0.2, -0.15) is 0 Å². The highest BCUT2D eigenvalue weighted by atomic mass is 16.2. The van der Waals surface area contributed by atoms with E-state index in [9.17, 15) is 9.59 Å². The minimum atomic E-state index is 0.132. The number of amides is 2. The summed E-state index contributed by atoms with van der Waals surface area (Å²) in [5, 5.41) is 0. The van der Waals surface area contributed by atoms with Crippen molar-refractivity contribution in [3.63, 3.8) is 0 Å². The normalized spacial score (nSPS) is 37.4. The molecule has 0 unspecified atom stereocenters. The van der Waals surface area contributed by atoms with Gasteiger partial charge < -0.3 is 9.80 Å². The van der Waals surface area contributed by atoms with Crippen molar-refractivity contribution >= 4 is 11.8 Å². The van der Waals surface area contributed by atoms with Crippen molar-refractivity contribution in [1.82, 2.24) is 9.80 Å². The van der Waals surface area contributed by atoms with Crippen molar-refractivity contribution in [3.05, 3.63) is 0 Å². The molecule has 5 aliphatic rings. The predicted molar refractivity (Wildman–Crippen MR) is 97.8 cm³/mol. The molecule has 5 rings (SSSR count). The Balaban J connectivity index is 1.35. The van der Waals surface area contributed by atoms with Gasteiger partial charge in [-0.25, -0.2) is 0 Å². The number of carbonyl (C=O) groups is 2. The molecule has 5 fully saturated rings. The van der Waals surface area contributed by atoms with Crippen LogP contribution in [0.2, 0.25) is 0 Å². The Labute approximate surface area is 152 Å². The van der Waals surface area contributed by atoms with Gasteiger partial charge >= 0.3 is 0 Å². The summed E-state index contributed by atoms with van der Waals surface area (Å²) in [7, 11) is 2.07. The van der Waals surface area contributed by atoms with Gasteiger partial charge in [0, 0.05) is 38.5 Å². The molecule has 2 amide bonds. The van der Waals surface area contributed by atoms with Gasteiger partial charge in [0.1, 0.15) is 0 Å². The molecule has 0 N–H and O–H groups in total. The number of piperidine rings is 1. The van der Waals surface area contributed by atoms with E-state index in [4.69, 9.17) is 0 Å². The Morgan fingerprint density at radius 2 is 1.52 bits per heavy atom. The van der Waals surface area contributed by atoms with Crippen LogP contribution in [0, 0.1) is 29.6 Å². The van der Waals surface area contributed by atoms with Gasteiger partial charge in [-0.3, -0.25) is 9.59 Å². The summed E-state index contributed by atoms with van der Waals surface area (Å²) < 4.78 is 0. The van der Waals surface area contributed by atoms with E-state index in [2.05, 4.69) is 11.9 Å². The first-order chi connectivity index (χ1) is 12.1. The summed E-state index contributed by atoms with van der Waals surface area (Å²) >= 11 is 0. The molecule has 0 aromatic rings. The summed E-state index contributed by atoms with van der Waals surface area (Å²) in [5.41, 5.74) is 0. The van der Waals surface area contributed by atoms with E-state index >= 15 is 0 Å². The number of carbonyl (C=O) groups excluding carboxylic acids is 2. The van der Waals surface area contributed by atoms with Gasteiger partial charge in [-0.1, -0.05) is 6.92 Å². The Morgan fingerprint density at radius 1 is 0.960 bits per heavy atom. The molecule has 4 aliphatic carbocycles. The molecule has 0 aromatic heterocycles. The summed E-state index contributed by atoms with van der Waals surface area (Å²) in [6.07, 6.45) is 10.2. The summed E-state index contributed by atoms with van der Waals surface area (Å²) in [6, 6.07) is 0.500. The summed E-state index contributed by atoms with van der Waals surface area (Å²) in [6.45, 7) is 3.59. The highest BCUT2D eigenvalue weighted by molar-refractivity contribution is 5.80. The summed E-state index contributed by atoms with van der Waals surface area (Å²) in [5.74, 6) is 4.19. The van der Waals surface area contributed by atoms with Crippen LogP contribution in [0.15, 0.2) is 0 Å². The van der Waals surface area contributed by atoms with Crippen molar-refractivity contribution < 1.29 is 9.59 Å². The molecule has 0 spiro atoms. The van der Waals surface area contributed by atoms with Crippen molar-refractivity contribution in [2.45, 2.75) is 70.8 Å². The van der Waals surface area contributed by atoms with Gasteiger partial charge in [-0.15, -0.1) is 0 Å². The molecule has 0 atom stereocenters. The zero-order chi connectivity index (χ0) is 17.6. The molecule has 1 saturated heterocycles. The highest BCUT2D eigenvalue weighted by Crippen LogP contribution is 2.55.